The molecule has 0 fully saturated rings. The van der Waals surface area contributed by atoms with Crippen molar-refractivity contribution in [3.63, 3.8) is 0 Å². The van der Waals surface area contributed by atoms with Crippen molar-refractivity contribution in [1.29, 1.82) is 0 Å². The van der Waals surface area contributed by atoms with Crippen molar-refractivity contribution in [2.75, 3.05) is 55.0 Å². The summed E-state index contributed by atoms with van der Waals surface area (Å²) in [5.41, 5.74) is 7.38. The van der Waals surface area contributed by atoms with Crippen LogP contribution in [0.25, 0.3) is 18.2 Å². The molecule has 0 unspecified atom stereocenters. The molecule has 44 heavy (non-hydrogen) atoms. The molecule has 0 saturated carbocycles. The Hall–Kier alpha value is -2.62. The van der Waals surface area contributed by atoms with Gasteiger partial charge in [0.25, 0.3) is 0 Å². The molecule has 4 nitrogen and oxygen atoms in total. The molecule has 0 aliphatic rings. The van der Waals surface area contributed by atoms with Gasteiger partial charge in [-0.2, -0.15) is 0 Å². The van der Waals surface area contributed by atoms with Crippen LogP contribution in [0.4, 0.5) is 11.4 Å². The SMILES string of the molecule is CCN\C=C/C(=C\I)/C=C/c1ccc(N(C)CCCSSCCCN(C)c2ccc(/C=C/c3cc[n+](CC)cc3)cc2)cc1. The second-order valence-corrected chi connectivity index (χ2v) is 13.8. The number of aromatic nitrogens is 1. The lowest BCUT2D eigenvalue weighted by atomic mass is 10.1. The third kappa shape index (κ3) is 13.6. The standard InChI is InChI=1S/C37H48IN4S2/c1-5-39-24-21-35(31-38)12-11-33-15-19-37(20-16-33)41(4)26-8-30-44-43-29-7-25-40(3)36-17-13-32(14-18-36)9-10-34-22-27-42(6-2)28-23-34/h9-24,27-28,31,39H,5-8,25-26,29-30H2,1-4H3/q+1/b12-11+,24-21-,35-31-. The highest BCUT2D eigenvalue weighted by molar-refractivity contribution is 14.1. The van der Waals surface area contributed by atoms with Gasteiger partial charge in [-0.15, -0.1) is 0 Å². The molecule has 234 valence electrons. The first-order chi connectivity index (χ1) is 21.5. The number of allylic oxidation sites excluding steroid dienone is 3. The Morgan fingerprint density at radius 3 is 1.70 bits per heavy atom. The van der Waals surface area contributed by atoms with Crippen LogP contribution in [0.15, 0.2) is 101 Å². The summed E-state index contributed by atoms with van der Waals surface area (Å²) in [6.45, 7) is 8.32. The molecule has 0 aliphatic carbocycles. The monoisotopic (exact) mass is 739 g/mol. The molecule has 1 heterocycles. The van der Waals surface area contributed by atoms with Gasteiger partial charge >= 0.3 is 0 Å². The minimum Gasteiger partial charge on any atom is -0.391 e. The number of benzene rings is 2. The second-order valence-electron chi connectivity index (χ2n) is 10.5. The lowest BCUT2D eigenvalue weighted by molar-refractivity contribution is -0.693. The molecule has 0 saturated heterocycles. The zero-order chi connectivity index (χ0) is 31.4. The summed E-state index contributed by atoms with van der Waals surface area (Å²) in [6.07, 6.45) is 19.4. The number of halogens is 1. The Morgan fingerprint density at radius 1 is 0.727 bits per heavy atom. The maximum Gasteiger partial charge on any atom is 0.169 e. The van der Waals surface area contributed by atoms with Gasteiger partial charge in [-0.3, -0.25) is 0 Å². The van der Waals surface area contributed by atoms with Crippen LogP contribution in [0.1, 0.15) is 43.4 Å². The minimum atomic E-state index is 0.934. The van der Waals surface area contributed by atoms with E-state index in [2.05, 4.69) is 178 Å². The predicted molar refractivity (Wildman–Crippen MR) is 209 cm³/mol. The number of hydrogen-bond donors (Lipinski definition) is 1. The van der Waals surface area contributed by atoms with Gasteiger partial charge < -0.3 is 15.1 Å². The van der Waals surface area contributed by atoms with Crippen molar-refractivity contribution in [2.45, 2.75) is 33.2 Å². The molecule has 0 spiro atoms. The van der Waals surface area contributed by atoms with E-state index in [1.807, 2.05) is 27.8 Å². The number of aryl methyl sites for hydroxylation is 1. The fraction of sp³-hybridized carbons (Fsp3) is 0.324. The first-order valence-corrected chi connectivity index (χ1v) is 19.2. The number of pyridine rings is 1. The maximum absolute atomic E-state index is 3.21. The Morgan fingerprint density at radius 2 is 1.23 bits per heavy atom. The van der Waals surface area contributed by atoms with Gasteiger partial charge in [0, 0.05) is 68.7 Å². The van der Waals surface area contributed by atoms with Gasteiger partial charge in [0.1, 0.15) is 6.54 Å². The molecule has 0 radical (unpaired) electrons. The van der Waals surface area contributed by atoms with Gasteiger partial charge in [0.05, 0.1) is 0 Å². The number of hydrogen-bond acceptors (Lipinski definition) is 5. The predicted octanol–water partition coefficient (Wildman–Crippen LogP) is 9.35. The van der Waals surface area contributed by atoms with E-state index < -0.39 is 0 Å². The summed E-state index contributed by atoms with van der Waals surface area (Å²) >= 11 is 2.29. The molecule has 0 atom stereocenters. The lowest BCUT2D eigenvalue weighted by Gasteiger charge is -2.20. The van der Waals surface area contributed by atoms with Crippen LogP contribution in [-0.4, -0.2) is 45.2 Å². The van der Waals surface area contributed by atoms with Gasteiger partial charge in [-0.05, 0) is 89.6 Å². The number of rotatable bonds is 19. The smallest absolute Gasteiger partial charge is 0.169 e. The van der Waals surface area contributed by atoms with Crippen LogP contribution in [-0.2, 0) is 6.54 Å². The van der Waals surface area contributed by atoms with E-state index in [0.717, 1.165) is 26.2 Å². The molecule has 0 amide bonds. The molecule has 0 aliphatic heterocycles. The van der Waals surface area contributed by atoms with E-state index in [9.17, 15) is 0 Å². The average Bonchev–Trinajstić information content (AvgIpc) is 3.07. The normalized spacial score (nSPS) is 12.1. The molecule has 1 aromatic heterocycles. The van der Waals surface area contributed by atoms with Crippen molar-refractivity contribution in [3.05, 3.63) is 118 Å². The van der Waals surface area contributed by atoms with Crippen LogP contribution in [0.5, 0.6) is 0 Å². The van der Waals surface area contributed by atoms with Crippen molar-refractivity contribution in [2.24, 2.45) is 0 Å². The van der Waals surface area contributed by atoms with Crippen molar-refractivity contribution in [3.8, 4) is 0 Å². The molecule has 1 N–H and O–H groups in total. The summed E-state index contributed by atoms with van der Waals surface area (Å²) in [5.74, 6) is 2.35. The van der Waals surface area contributed by atoms with Crippen molar-refractivity contribution in [1.82, 2.24) is 5.32 Å². The van der Waals surface area contributed by atoms with Crippen LogP contribution in [0, 0.1) is 0 Å². The fourth-order valence-corrected chi connectivity index (χ4v) is 6.91. The summed E-state index contributed by atoms with van der Waals surface area (Å²) < 4.78 is 4.26. The van der Waals surface area contributed by atoms with E-state index in [-0.39, 0.29) is 0 Å². The van der Waals surface area contributed by atoms with Crippen LogP contribution >= 0.6 is 44.2 Å². The van der Waals surface area contributed by atoms with Gasteiger partial charge in [0.2, 0.25) is 0 Å². The molecule has 3 rings (SSSR count). The average molecular weight is 740 g/mol. The summed E-state index contributed by atoms with van der Waals surface area (Å²) in [4.78, 5) is 4.71. The highest BCUT2D eigenvalue weighted by Crippen LogP contribution is 2.24. The molecular formula is C37H48IN4S2+. The number of anilines is 2. The van der Waals surface area contributed by atoms with Crippen LogP contribution in [0.3, 0.4) is 0 Å². The lowest BCUT2D eigenvalue weighted by Crippen LogP contribution is -2.30. The third-order valence-electron chi connectivity index (χ3n) is 7.14. The van der Waals surface area contributed by atoms with Crippen molar-refractivity contribution >= 4 is 73.8 Å². The van der Waals surface area contributed by atoms with Crippen LogP contribution in [0.2, 0.25) is 0 Å². The summed E-state index contributed by atoms with van der Waals surface area (Å²) in [7, 11) is 8.39. The zero-order valence-electron chi connectivity index (χ0n) is 26.7. The van der Waals surface area contributed by atoms with E-state index in [1.165, 1.54) is 58.0 Å². The molecule has 2 aromatic carbocycles. The molecule has 7 heteroatoms. The first kappa shape index (κ1) is 35.9. The van der Waals surface area contributed by atoms with Gasteiger partial charge in [-0.1, -0.05) is 92.7 Å². The van der Waals surface area contributed by atoms with E-state index in [1.54, 1.807) is 0 Å². The quantitative estimate of drug-likeness (QED) is 0.0434. The third-order valence-corrected chi connectivity index (χ3v) is 10.4. The highest BCUT2D eigenvalue weighted by Gasteiger charge is 2.03. The van der Waals surface area contributed by atoms with Crippen LogP contribution < -0.4 is 19.7 Å². The van der Waals surface area contributed by atoms with Gasteiger partial charge in [0.15, 0.2) is 12.4 Å². The Balaban J connectivity index is 1.27. The maximum atomic E-state index is 3.21. The highest BCUT2D eigenvalue weighted by atomic mass is 127. The molecular weight excluding hydrogens is 691 g/mol. The second kappa shape index (κ2) is 21.2. The fourth-order valence-electron chi connectivity index (χ4n) is 4.35. The van der Waals surface area contributed by atoms with E-state index in [4.69, 9.17) is 0 Å². The Labute approximate surface area is 287 Å². The molecule has 0 bridgehead atoms. The topological polar surface area (TPSA) is 22.4 Å². The van der Waals surface area contributed by atoms with E-state index in [0.29, 0.717) is 0 Å². The largest absolute Gasteiger partial charge is 0.391 e. The Kier molecular flexibility index (Phi) is 17.3. The van der Waals surface area contributed by atoms with Crippen molar-refractivity contribution < 1.29 is 4.57 Å². The molecule has 3 aromatic rings. The van der Waals surface area contributed by atoms with E-state index >= 15 is 0 Å². The number of nitrogens with one attached hydrogen (secondary N) is 1. The van der Waals surface area contributed by atoms with Gasteiger partial charge in [-0.25, -0.2) is 4.57 Å². The summed E-state index contributed by atoms with van der Waals surface area (Å²) in [6, 6.07) is 22.0. The first-order valence-electron chi connectivity index (χ1n) is 15.4. The number of nitrogens with zero attached hydrogens (tertiary/aromatic N) is 3. The summed E-state index contributed by atoms with van der Waals surface area (Å²) in [5, 5.41) is 3.21. The Bertz CT molecular complexity index is 1330. The zero-order valence-corrected chi connectivity index (χ0v) is 30.5. The minimum absolute atomic E-state index is 0.934.